The molecular weight excluding hydrogens is 469 g/mol. The molecule has 1 aliphatic carbocycles. The van der Waals surface area contributed by atoms with Gasteiger partial charge in [-0.15, -0.1) is 0 Å². The van der Waals surface area contributed by atoms with E-state index >= 15 is 0 Å². The van der Waals surface area contributed by atoms with Gasteiger partial charge in [-0.25, -0.2) is 14.4 Å². The van der Waals surface area contributed by atoms with Gasteiger partial charge < -0.3 is 25.4 Å². The Morgan fingerprint density at radius 1 is 1.09 bits per heavy atom. The zero-order valence-corrected chi connectivity index (χ0v) is 21.4. The van der Waals surface area contributed by atoms with Crippen molar-refractivity contribution in [2.75, 3.05) is 44.1 Å². The Morgan fingerprint density at radius 2 is 1.83 bits per heavy atom. The van der Waals surface area contributed by atoms with Crippen molar-refractivity contribution in [1.82, 2.24) is 15.3 Å². The van der Waals surface area contributed by atoms with E-state index in [1.165, 1.54) is 6.20 Å². The molecule has 3 N–H and O–H groups in total. The van der Waals surface area contributed by atoms with Crippen molar-refractivity contribution >= 4 is 23.1 Å². The summed E-state index contributed by atoms with van der Waals surface area (Å²) in [4.78, 5) is 8.60. The molecule has 0 radical (unpaired) electrons. The molecule has 1 saturated carbocycles. The molecule has 7 nitrogen and oxygen atoms in total. The molecule has 9 heteroatoms. The van der Waals surface area contributed by atoms with E-state index in [0.29, 0.717) is 52.7 Å². The fourth-order valence-electron chi connectivity index (χ4n) is 4.98. The summed E-state index contributed by atoms with van der Waals surface area (Å²) in [6, 6.07) is 4.81. The topological polar surface area (TPSA) is 80.3 Å². The van der Waals surface area contributed by atoms with Crippen LogP contribution in [0.5, 0.6) is 0 Å². The number of nitrogens with zero attached hydrogens (tertiary/aromatic N) is 2. The van der Waals surface area contributed by atoms with Crippen molar-refractivity contribution in [3.05, 3.63) is 35.5 Å². The number of ether oxygens (including phenoxy) is 2. The van der Waals surface area contributed by atoms with E-state index in [4.69, 9.17) is 21.1 Å². The van der Waals surface area contributed by atoms with Crippen molar-refractivity contribution in [2.24, 2.45) is 5.92 Å². The summed E-state index contributed by atoms with van der Waals surface area (Å²) in [5.41, 5.74) is 1.85. The van der Waals surface area contributed by atoms with E-state index in [9.17, 15) is 4.39 Å². The highest BCUT2D eigenvalue weighted by Gasteiger charge is 2.23. The lowest BCUT2D eigenvalue weighted by molar-refractivity contribution is 0.0699. The highest BCUT2D eigenvalue weighted by atomic mass is 35.5. The molecule has 0 aromatic carbocycles. The fraction of sp³-hybridized carbons (Fsp3) is 0.615. The third-order valence-electron chi connectivity index (χ3n) is 6.94. The molecule has 2 aliphatic rings. The van der Waals surface area contributed by atoms with Gasteiger partial charge in [0.1, 0.15) is 11.6 Å². The maximum absolute atomic E-state index is 14.8. The zero-order chi connectivity index (χ0) is 24.6. The van der Waals surface area contributed by atoms with Crippen molar-refractivity contribution in [1.29, 1.82) is 0 Å². The first-order valence-electron chi connectivity index (χ1n) is 12.7. The normalized spacial score (nSPS) is 22.1. The maximum Gasteiger partial charge on any atom is 0.152 e. The zero-order valence-electron chi connectivity index (χ0n) is 20.7. The van der Waals surface area contributed by atoms with E-state index in [1.54, 1.807) is 19.4 Å². The van der Waals surface area contributed by atoms with Gasteiger partial charge in [-0.2, -0.15) is 0 Å². The Kier molecular flexibility index (Phi) is 9.54. The largest absolute Gasteiger partial charge is 0.383 e. The number of hydrogen-bond donors (Lipinski definition) is 3. The van der Waals surface area contributed by atoms with Crippen LogP contribution in [0.15, 0.2) is 24.5 Å². The van der Waals surface area contributed by atoms with E-state index < -0.39 is 0 Å². The van der Waals surface area contributed by atoms with Crippen molar-refractivity contribution in [3.8, 4) is 11.1 Å². The lowest BCUT2D eigenvalue weighted by Crippen LogP contribution is -2.42. The molecular formula is C26H37ClFN5O2. The van der Waals surface area contributed by atoms with Gasteiger partial charge >= 0.3 is 0 Å². The Balaban J connectivity index is 1.37. The summed E-state index contributed by atoms with van der Waals surface area (Å²) >= 11 is 6.33. The average Bonchev–Trinajstić information content (AvgIpc) is 2.87. The van der Waals surface area contributed by atoms with Gasteiger partial charge in [0.15, 0.2) is 5.15 Å². The molecule has 0 spiro atoms. The van der Waals surface area contributed by atoms with Crippen molar-refractivity contribution in [2.45, 2.75) is 63.6 Å². The Hall–Kier alpha value is -2.00. The number of halogens is 2. The van der Waals surface area contributed by atoms with E-state index in [1.807, 2.05) is 6.07 Å². The average molecular weight is 506 g/mol. The van der Waals surface area contributed by atoms with E-state index in [0.717, 1.165) is 64.0 Å². The summed E-state index contributed by atoms with van der Waals surface area (Å²) in [6.45, 7) is 5.24. The molecule has 0 bridgehead atoms. The fourth-order valence-corrected chi connectivity index (χ4v) is 5.15. The second-order valence-corrected chi connectivity index (χ2v) is 10.1. The van der Waals surface area contributed by atoms with Crippen LogP contribution in [0.1, 0.15) is 45.4 Å². The molecule has 1 aliphatic heterocycles. The highest BCUT2D eigenvalue weighted by Crippen LogP contribution is 2.31. The van der Waals surface area contributed by atoms with Gasteiger partial charge in [0.25, 0.3) is 0 Å². The molecule has 0 amide bonds. The number of nitrogens with one attached hydrogen (secondary N) is 3. The molecule has 3 heterocycles. The number of hydrogen-bond acceptors (Lipinski definition) is 7. The Labute approximate surface area is 212 Å². The van der Waals surface area contributed by atoms with Gasteiger partial charge in [-0.3, -0.25) is 0 Å². The quantitative estimate of drug-likeness (QED) is 0.386. The van der Waals surface area contributed by atoms with E-state index in [2.05, 4.69) is 32.8 Å². The number of aromatic nitrogens is 2. The molecule has 0 unspecified atom stereocenters. The second-order valence-electron chi connectivity index (χ2n) is 9.76. The SMILES string of the molecule is COC[C@@H](C)N[C@H]1CC[C@H](Nc2cc(-c3cnc(Cl)c(NCC4CCOCC4)c3)c(F)cn2)CC1. The minimum absolute atomic E-state index is 0.316. The minimum atomic E-state index is -0.380. The van der Waals surface area contributed by atoms with Gasteiger partial charge in [0.2, 0.25) is 0 Å². The Morgan fingerprint density at radius 3 is 2.57 bits per heavy atom. The van der Waals surface area contributed by atoms with Crippen LogP contribution in [-0.2, 0) is 9.47 Å². The Bertz CT molecular complexity index is 951. The lowest BCUT2D eigenvalue weighted by atomic mass is 9.90. The summed E-state index contributed by atoms with van der Waals surface area (Å²) < 4.78 is 25.4. The number of rotatable bonds is 10. The first-order valence-corrected chi connectivity index (χ1v) is 13.0. The lowest BCUT2D eigenvalue weighted by Gasteiger charge is -2.31. The van der Waals surface area contributed by atoms with Crippen molar-refractivity contribution < 1.29 is 13.9 Å². The number of methoxy groups -OCH3 is 1. The number of anilines is 2. The second kappa shape index (κ2) is 12.8. The smallest absolute Gasteiger partial charge is 0.152 e. The summed E-state index contributed by atoms with van der Waals surface area (Å²) in [5, 5.41) is 10.9. The molecule has 4 rings (SSSR count). The number of pyridine rings is 2. The minimum Gasteiger partial charge on any atom is -0.383 e. The standard InChI is InChI=1S/C26H37ClFN5O2/c1-17(16-34-2)32-20-3-5-21(6-4-20)33-25-12-22(23(28)15-30-25)19-11-24(26(27)31-14-19)29-13-18-7-9-35-10-8-18/h11-12,14-15,17-18,20-21,29,32H,3-10,13,16H2,1-2H3,(H,30,33)/t17-,20-,21-/m1/s1. The molecule has 2 fully saturated rings. The molecule has 2 aromatic rings. The van der Waals surface area contributed by atoms with Crippen LogP contribution in [0.4, 0.5) is 15.9 Å². The van der Waals surface area contributed by atoms with Crippen LogP contribution in [0.3, 0.4) is 0 Å². The van der Waals surface area contributed by atoms with Crippen LogP contribution in [0.25, 0.3) is 11.1 Å². The summed E-state index contributed by atoms with van der Waals surface area (Å²) in [6.07, 6.45) is 9.18. The summed E-state index contributed by atoms with van der Waals surface area (Å²) in [7, 11) is 1.73. The van der Waals surface area contributed by atoms with Gasteiger partial charge in [0, 0.05) is 62.3 Å². The van der Waals surface area contributed by atoms with Gasteiger partial charge in [0.05, 0.1) is 18.5 Å². The van der Waals surface area contributed by atoms with Gasteiger partial charge in [-0.05, 0) is 63.5 Å². The highest BCUT2D eigenvalue weighted by molar-refractivity contribution is 6.32. The van der Waals surface area contributed by atoms with Crippen LogP contribution in [0.2, 0.25) is 5.15 Å². The molecule has 2 aromatic heterocycles. The monoisotopic (exact) mass is 505 g/mol. The van der Waals surface area contributed by atoms with Crippen LogP contribution < -0.4 is 16.0 Å². The predicted molar refractivity (Wildman–Crippen MR) is 139 cm³/mol. The molecule has 1 atom stereocenters. The first-order chi connectivity index (χ1) is 17.0. The van der Waals surface area contributed by atoms with E-state index in [-0.39, 0.29) is 5.82 Å². The maximum atomic E-state index is 14.8. The van der Waals surface area contributed by atoms with Crippen LogP contribution in [-0.4, -0.2) is 61.6 Å². The molecule has 192 valence electrons. The predicted octanol–water partition coefficient (Wildman–Crippen LogP) is 5.12. The summed E-state index contributed by atoms with van der Waals surface area (Å²) in [5.74, 6) is 0.831. The van der Waals surface area contributed by atoms with Crippen molar-refractivity contribution in [3.63, 3.8) is 0 Å². The van der Waals surface area contributed by atoms with Crippen LogP contribution in [0, 0.1) is 11.7 Å². The molecule has 1 saturated heterocycles. The first kappa shape index (κ1) is 26.1. The third-order valence-corrected chi connectivity index (χ3v) is 7.24. The molecule has 35 heavy (non-hydrogen) atoms. The third kappa shape index (κ3) is 7.49. The van der Waals surface area contributed by atoms with Gasteiger partial charge in [-0.1, -0.05) is 11.6 Å². The van der Waals surface area contributed by atoms with Crippen LogP contribution >= 0.6 is 11.6 Å².